The average molecular weight is 248 g/mol. The van der Waals surface area contributed by atoms with Crippen LogP contribution in [0, 0.1) is 0 Å². The van der Waals surface area contributed by atoms with Crippen LogP contribution in [0.3, 0.4) is 0 Å². The molecule has 0 unspecified atom stereocenters. The number of rotatable bonds is 5. The Hall–Kier alpha value is -1.82. The number of pyridine rings is 1. The Morgan fingerprint density at radius 1 is 1.53 bits per heavy atom. The molecule has 0 saturated heterocycles. The van der Waals surface area contributed by atoms with Gasteiger partial charge in [-0.3, -0.25) is 9.20 Å². The first kappa shape index (κ1) is 11.7. The summed E-state index contributed by atoms with van der Waals surface area (Å²) < 4.78 is 1.85. The first-order chi connectivity index (χ1) is 8.31. The van der Waals surface area contributed by atoms with Crippen molar-refractivity contribution in [2.75, 3.05) is 12.3 Å². The molecule has 0 aliphatic carbocycles. The third kappa shape index (κ3) is 2.85. The Morgan fingerprint density at radius 3 is 3.24 bits per heavy atom. The molecular weight excluding hydrogens is 236 g/mol. The summed E-state index contributed by atoms with van der Waals surface area (Å²) in [5.74, 6) is 0.284. The second kappa shape index (κ2) is 5.49. The van der Waals surface area contributed by atoms with Gasteiger partial charge in [0, 0.05) is 12.7 Å². The first-order valence-corrected chi connectivity index (χ1v) is 6.10. The molecule has 88 valence electrons. The number of nitrogens with one attached hydrogen (secondary N) is 1. The molecule has 0 radical (unpaired) electrons. The lowest BCUT2D eigenvalue weighted by molar-refractivity contribution is -0.118. The third-order valence-electron chi connectivity index (χ3n) is 2.06. The lowest BCUT2D eigenvalue weighted by Crippen LogP contribution is -2.25. The summed E-state index contributed by atoms with van der Waals surface area (Å²) in [7, 11) is 0. The predicted octanol–water partition coefficient (Wildman–Crippen LogP) is 1.12. The molecule has 0 bridgehead atoms. The van der Waals surface area contributed by atoms with Crippen LogP contribution in [0.2, 0.25) is 0 Å². The van der Waals surface area contributed by atoms with E-state index in [1.807, 2.05) is 28.8 Å². The summed E-state index contributed by atoms with van der Waals surface area (Å²) >= 11 is 1.36. The van der Waals surface area contributed by atoms with E-state index in [2.05, 4.69) is 22.1 Å². The second-order valence-corrected chi connectivity index (χ2v) is 4.24. The summed E-state index contributed by atoms with van der Waals surface area (Å²) in [6, 6.07) is 5.67. The van der Waals surface area contributed by atoms with Gasteiger partial charge in [-0.2, -0.15) is 0 Å². The fourth-order valence-corrected chi connectivity index (χ4v) is 2.04. The summed E-state index contributed by atoms with van der Waals surface area (Å²) in [6.45, 7) is 4.02. The van der Waals surface area contributed by atoms with Gasteiger partial charge in [0.25, 0.3) is 0 Å². The third-order valence-corrected chi connectivity index (χ3v) is 3.00. The maximum absolute atomic E-state index is 11.4. The normalized spacial score (nSPS) is 10.4. The molecule has 0 aliphatic rings. The van der Waals surface area contributed by atoms with Gasteiger partial charge in [0.1, 0.15) is 0 Å². The van der Waals surface area contributed by atoms with E-state index in [-0.39, 0.29) is 5.91 Å². The van der Waals surface area contributed by atoms with E-state index in [9.17, 15) is 4.79 Å². The summed E-state index contributed by atoms with van der Waals surface area (Å²) in [6.07, 6.45) is 3.52. The van der Waals surface area contributed by atoms with Crippen LogP contribution >= 0.6 is 11.8 Å². The molecule has 0 aliphatic heterocycles. The molecule has 5 nitrogen and oxygen atoms in total. The highest BCUT2D eigenvalue weighted by Crippen LogP contribution is 2.15. The monoisotopic (exact) mass is 248 g/mol. The van der Waals surface area contributed by atoms with E-state index >= 15 is 0 Å². The minimum Gasteiger partial charge on any atom is -0.352 e. The summed E-state index contributed by atoms with van der Waals surface area (Å²) in [4.78, 5) is 11.4. The largest absolute Gasteiger partial charge is 0.352 e. The number of hydrogen-bond acceptors (Lipinski definition) is 4. The molecule has 0 fully saturated rings. The van der Waals surface area contributed by atoms with E-state index in [4.69, 9.17) is 0 Å². The Kier molecular flexibility index (Phi) is 3.77. The zero-order valence-electron chi connectivity index (χ0n) is 9.17. The van der Waals surface area contributed by atoms with Gasteiger partial charge in [0.15, 0.2) is 10.8 Å². The van der Waals surface area contributed by atoms with Crippen molar-refractivity contribution in [1.29, 1.82) is 0 Å². The molecule has 2 rings (SSSR count). The number of hydrogen-bond donors (Lipinski definition) is 1. The lowest BCUT2D eigenvalue weighted by atomic mass is 10.5. The van der Waals surface area contributed by atoms with Gasteiger partial charge < -0.3 is 5.32 Å². The van der Waals surface area contributed by atoms with Crippen LogP contribution in [0.25, 0.3) is 5.65 Å². The molecular formula is C11H12N4OS. The molecule has 17 heavy (non-hydrogen) atoms. The van der Waals surface area contributed by atoms with Crippen LogP contribution in [0.5, 0.6) is 0 Å². The van der Waals surface area contributed by atoms with Crippen molar-refractivity contribution < 1.29 is 4.79 Å². The van der Waals surface area contributed by atoms with E-state index in [1.165, 1.54) is 11.8 Å². The fraction of sp³-hybridized carbons (Fsp3) is 0.182. The van der Waals surface area contributed by atoms with Crippen molar-refractivity contribution >= 4 is 23.3 Å². The molecule has 2 aromatic rings. The summed E-state index contributed by atoms with van der Waals surface area (Å²) in [5, 5.41) is 11.5. The molecule has 0 atom stereocenters. The highest BCUT2D eigenvalue weighted by Gasteiger charge is 2.07. The standard InChI is InChI=1S/C11H12N4OS/c1-2-6-12-10(16)8-17-11-14-13-9-5-3-4-7-15(9)11/h2-5,7H,1,6,8H2,(H,12,16). The zero-order valence-corrected chi connectivity index (χ0v) is 9.98. The quantitative estimate of drug-likeness (QED) is 0.636. The highest BCUT2D eigenvalue weighted by atomic mass is 32.2. The number of thioether (sulfide) groups is 1. The number of carbonyl (C=O) groups excluding carboxylic acids is 1. The van der Waals surface area contributed by atoms with Gasteiger partial charge in [0.05, 0.1) is 5.75 Å². The van der Waals surface area contributed by atoms with Crippen molar-refractivity contribution in [3.63, 3.8) is 0 Å². The van der Waals surface area contributed by atoms with Gasteiger partial charge >= 0.3 is 0 Å². The van der Waals surface area contributed by atoms with Crippen LogP contribution in [-0.2, 0) is 4.79 Å². The number of fused-ring (bicyclic) bond motifs is 1. The lowest BCUT2D eigenvalue weighted by Gasteiger charge is -2.01. The minimum atomic E-state index is -0.0393. The minimum absolute atomic E-state index is 0.0393. The van der Waals surface area contributed by atoms with Gasteiger partial charge in [-0.25, -0.2) is 0 Å². The topological polar surface area (TPSA) is 59.3 Å². The number of aromatic nitrogens is 3. The Morgan fingerprint density at radius 2 is 2.41 bits per heavy atom. The highest BCUT2D eigenvalue weighted by molar-refractivity contribution is 7.99. The fourth-order valence-electron chi connectivity index (χ4n) is 1.29. The van der Waals surface area contributed by atoms with Crippen LogP contribution < -0.4 is 5.32 Å². The first-order valence-electron chi connectivity index (χ1n) is 5.11. The van der Waals surface area contributed by atoms with Crippen molar-refractivity contribution in [2.24, 2.45) is 0 Å². The van der Waals surface area contributed by atoms with Crippen LogP contribution in [0.1, 0.15) is 0 Å². The number of carbonyl (C=O) groups is 1. The molecule has 2 heterocycles. The molecule has 6 heteroatoms. The average Bonchev–Trinajstić information content (AvgIpc) is 2.77. The van der Waals surface area contributed by atoms with Crippen LogP contribution in [-0.4, -0.2) is 32.8 Å². The maximum atomic E-state index is 11.4. The molecule has 0 spiro atoms. The van der Waals surface area contributed by atoms with Gasteiger partial charge in [-0.1, -0.05) is 23.9 Å². The van der Waals surface area contributed by atoms with Crippen molar-refractivity contribution in [2.45, 2.75) is 5.16 Å². The van der Waals surface area contributed by atoms with Crippen molar-refractivity contribution in [3.05, 3.63) is 37.1 Å². The van der Waals surface area contributed by atoms with Crippen LogP contribution in [0.4, 0.5) is 0 Å². The Labute approximate surface area is 103 Å². The molecule has 1 N–H and O–H groups in total. The Balaban J connectivity index is 1.99. The van der Waals surface area contributed by atoms with E-state index in [1.54, 1.807) is 6.08 Å². The molecule has 0 saturated carbocycles. The van der Waals surface area contributed by atoms with Crippen LogP contribution in [0.15, 0.2) is 42.2 Å². The van der Waals surface area contributed by atoms with Gasteiger partial charge in [-0.15, -0.1) is 16.8 Å². The zero-order chi connectivity index (χ0) is 12.1. The number of amides is 1. The predicted molar refractivity (Wildman–Crippen MR) is 66.9 cm³/mol. The maximum Gasteiger partial charge on any atom is 0.230 e. The smallest absolute Gasteiger partial charge is 0.230 e. The van der Waals surface area contributed by atoms with Gasteiger partial charge in [-0.05, 0) is 12.1 Å². The molecule has 0 aromatic carbocycles. The van der Waals surface area contributed by atoms with Crippen molar-refractivity contribution in [3.8, 4) is 0 Å². The molecule has 2 aromatic heterocycles. The van der Waals surface area contributed by atoms with Crippen molar-refractivity contribution in [1.82, 2.24) is 19.9 Å². The Bertz CT molecular complexity index is 537. The number of nitrogens with zero attached hydrogens (tertiary/aromatic N) is 3. The SMILES string of the molecule is C=CCNC(=O)CSc1nnc2ccccn12. The van der Waals surface area contributed by atoms with E-state index in [0.29, 0.717) is 17.5 Å². The molecule has 1 amide bonds. The van der Waals surface area contributed by atoms with Gasteiger partial charge in [0.2, 0.25) is 5.91 Å². The van der Waals surface area contributed by atoms with E-state index < -0.39 is 0 Å². The second-order valence-electron chi connectivity index (χ2n) is 3.29. The summed E-state index contributed by atoms with van der Waals surface area (Å²) in [5.41, 5.74) is 0.779. The van der Waals surface area contributed by atoms with E-state index in [0.717, 1.165) is 5.65 Å².